The van der Waals surface area contributed by atoms with E-state index in [4.69, 9.17) is 15.2 Å². The molecule has 18 heavy (non-hydrogen) atoms. The molecule has 0 radical (unpaired) electrons. The molecule has 2 rings (SSSR count). The van der Waals surface area contributed by atoms with Crippen LogP contribution in [0.4, 0.5) is 0 Å². The molecule has 2 unspecified atom stereocenters. The van der Waals surface area contributed by atoms with Crippen LogP contribution in [-0.4, -0.2) is 57.5 Å². The highest BCUT2D eigenvalue weighted by Crippen LogP contribution is 2.23. The fraction of sp³-hybridized carbons (Fsp3) is 1.00. The summed E-state index contributed by atoms with van der Waals surface area (Å²) in [5.74, 6) is 1.40. The Hall–Kier alpha value is -0.160. The molecule has 0 aromatic rings. The molecule has 2 saturated heterocycles. The summed E-state index contributed by atoms with van der Waals surface area (Å²) in [7, 11) is 2.22. The van der Waals surface area contributed by atoms with Crippen molar-refractivity contribution in [3.63, 3.8) is 0 Å². The van der Waals surface area contributed by atoms with Gasteiger partial charge in [-0.15, -0.1) is 0 Å². The molecule has 0 saturated carbocycles. The molecule has 2 atom stereocenters. The summed E-state index contributed by atoms with van der Waals surface area (Å²) in [6.07, 6.45) is 4.85. The van der Waals surface area contributed by atoms with Crippen LogP contribution in [0, 0.1) is 11.8 Å². The molecular weight excluding hydrogens is 228 g/mol. The highest BCUT2D eigenvalue weighted by molar-refractivity contribution is 4.82. The second-order valence-corrected chi connectivity index (χ2v) is 5.78. The number of ether oxygens (including phenoxy) is 2. The molecule has 2 heterocycles. The van der Waals surface area contributed by atoms with E-state index in [0.29, 0.717) is 12.0 Å². The summed E-state index contributed by atoms with van der Waals surface area (Å²) in [6.45, 7) is 5.57. The van der Waals surface area contributed by atoms with Gasteiger partial charge in [-0.2, -0.15) is 0 Å². The molecule has 4 nitrogen and oxygen atoms in total. The van der Waals surface area contributed by atoms with Gasteiger partial charge in [0.2, 0.25) is 0 Å². The zero-order valence-corrected chi connectivity index (χ0v) is 11.6. The Balaban J connectivity index is 1.81. The number of nitrogens with two attached hydrogens (primary N) is 1. The largest absolute Gasteiger partial charge is 0.381 e. The van der Waals surface area contributed by atoms with E-state index in [-0.39, 0.29) is 0 Å². The number of rotatable bonds is 5. The fourth-order valence-corrected chi connectivity index (χ4v) is 3.27. The topological polar surface area (TPSA) is 47.7 Å². The third kappa shape index (κ3) is 3.92. The lowest BCUT2D eigenvalue weighted by Crippen LogP contribution is -2.48. The first-order valence-electron chi connectivity index (χ1n) is 7.37. The number of hydrogen-bond donors (Lipinski definition) is 1. The Morgan fingerprint density at radius 3 is 2.56 bits per heavy atom. The van der Waals surface area contributed by atoms with Gasteiger partial charge >= 0.3 is 0 Å². The molecule has 2 fully saturated rings. The van der Waals surface area contributed by atoms with Crippen molar-refractivity contribution in [3.8, 4) is 0 Å². The lowest BCUT2D eigenvalue weighted by atomic mass is 9.91. The second-order valence-electron chi connectivity index (χ2n) is 5.78. The third-order valence-electron chi connectivity index (χ3n) is 4.43. The first-order chi connectivity index (χ1) is 8.81. The minimum absolute atomic E-state index is 0.480. The van der Waals surface area contributed by atoms with Gasteiger partial charge in [0.05, 0.1) is 6.61 Å². The molecule has 4 heteroatoms. The number of likely N-dealkylation sites (N-methyl/N-ethyl adjacent to an activating group) is 1. The third-order valence-corrected chi connectivity index (χ3v) is 4.43. The average molecular weight is 256 g/mol. The van der Waals surface area contributed by atoms with E-state index in [1.54, 1.807) is 0 Å². The van der Waals surface area contributed by atoms with E-state index in [1.165, 1.54) is 25.7 Å². The van der Waals surface area contributed by atoms with Crippen molar-refractivity contribution in [2.75, 3.05) is 46.6 Å². The van der Waals surface area contributed by atoms with Crippen LogP contribution in [0.15, 0.2) is 0 Å². The zero-order chi connectivity index (χ0) is 12.8. The van der Waals surface area contributed by atoms with Crippen molar-refractivity contribution in [2.45, 2.75) is 31.7 Å². The Morgan fingerprint density at radius 2 is 1.94 bits per heavy atom. The maximum Gasteiger partial charge on any atom is 0.0509 e. The summed E-state index contributed by atoms with van der Waals surface area (Å²) < 4.78 is 11.0. The Bertz CT molecular complexity index is 226. The summed E-state index contributed by atoms with van der Waals surface area (Å²) in [5, 5.41) is 0. The quantitative estimate of drug-likeness (QED) is 0.800. The van der Waals surface area contributed by atoms with Crippen molar-refractivity contribution in [1.29, 1.82) is 0 Å². The number of hydrogen-bond acceptors (Lipinski definition) is 4. The maximum absolute atomic E-state index is 5.99. The first kappa shape index (κ1) is 14.3. The maximum atomic E-state index is 5.99. The molecular formula is C14H28N2O2. The van der Waals surface area contributed by atoms with E-state index >= 15 is 0 Å². The molecule has 2 N–H and O–H groups in total. The van der Waals surface area contributed by atoms with Crippen LogP contribution in [0.1, 0.15) is 25.7 Å². The van der Waals surface area contributed by atoms with Crippen LogP contribution in [-0.2, 0) is 9.47 Å². The standard InChI is InChI=1S/C14H28N2O2/c1-16(10-12-4-7-17-8-5-12)14(9-15)13-3-2-6-18-11-13/h12-14H,2-11,15H2,1H3. The molecule has 0 bridgehead atoms. The Morgan fingerprint density at radius 1 is 1.17 bits per heavy atom. The van der Waals surface area contributed by atoms with Gasteiger partial charge in [-0.05, 0) is 44.6 Å². The smallest absolute Gasteiger partial charge is 0.0509 e. The average Bonchev–Trinajstić information content (AvgIpc) is 2.42. The van der Waals surface area contributed by atoms with E-state index < -0.39 is 0 Å². The van der Waals surface area contributed by atoms with Gasteiger partial charge in [-0.25, -0.2) is 0 Å². The van der Waals surface area contributed by atoms with Crippen LogP contribution in [0.25, 0.3) is 0 Å². The van der Waals surface area contributed by atoms with Gasteiger partial charge in [0.15, 0.2) is 0 Å². The lowest BCUT2D eigenvalue weighted by molar-refractivity contribution is 0.00498. The van der Waals surface area contributed by atoms with E-state index in [0.717, 1.165) is 45.4 Å². The highest BCUT2D eigenvalue weighted by Gasteiger charge is 2.28. The van der Waals surface area contributed by atoms with Gasteiger partial charge in [0.25, 0.3) is 0 Å². The first-order valence-corrected chi connectivity index (χ1v) is 7.37. The van der Waals surface area contributed by atoms with Crippen molar-refractivity contribution in [1.82, 2.24) is 4.90 Å². The van der Waals surface area contributed by atoms with Crippen LogP contribution < -0.4 is 5.73 Å². The minimum Gasteiger partial charge on any atom is -0.381 e. The summed E-state index contributed by atoms with van der Waals surface area (Å²) >= 11 is 0. The summed E-state index contributed by atoms with van der Waals surface area (Å²) in [4.78, 5) is 2.47. The van der Waals surface area contributed by atoms with Gasteiger partial charge in [-0.1, -0.05) is 0 Å². The molecule has 106 valence electrons. The van der Waals surface area contributed by atoms with Gasteiger partial charge in [0.1, 0.15) is 0 Å². The molecule has 0 spiro atoms. The van der Waals surface area contributed by atoms with E-state index in [2.05, 4.69) is 11.9 Å². The molecule has 0 aromatic heterocycles. The summed E-state index contributed by atoms with van der Waals surface area (Å²) in [6, 6.07) is 0.480. The molecule has 0 amide bonds. The lowest BCUT2D eigenvalue weighted by Gasteiger charge is -2.38. The van der Waals surface area contributed by atoms with Crippen molar-refractivity contribution in [3.05, 3.63) is 0 Å². The fourth-order valence-electron chi connectivity index (χ4n) is 3.27. The SMILES string of the molecule is CN(CC1CCOCC1)C(CN)C1CCCOC1. The molecule has 0 aromatic carbocycles. The van der Waals surface area contributed by atoms with Crippen molar-refractivity contribution in [2.24, 2.45) is 17.6 Å². The summed E-state index contributed by atoms with van der Waals surface area (Å²) in [5.41, 5.74) is 5.99. The van der Waals surface area contributed by atoms with Gasteiger partial charge < -0.3 is 20.1 Å². The van der Waals surface area contributed by atoms with Gasteiger partial charge in [0, 0.05) is 39.0 Å². The highest BCUT2D eigenvalue weighted by atomic mass is 16.5. The molecule has 0 aliphatic carbocycles. The normalized spacial score (nSPS) is 28.5. The van der Waals surface area contributed by atoms with Crippen LogP contribution >= 0.6 is 0 Å². The zero-order valence-electron chi connectivity index (χ0n) is 11.6. The van der Waals surface area contributed by atoms with Crippen LogP contribution in [0.5, 0.6) is 0 Å². The predicted octanol–water partition coefficient (Wildman–Crippen LogP) is 1.10. The van der Waals surface area contributed by atoms with E-state index in [1.807, 2.05) is 0 Å². The minimum atomic E-state index is 0.480. The predicted molar refractivity (Wildman–Crippen MR) is 72.6 cm³/mol. The Kier molecular flexibility index (Phi) is 5.89. The van der Waals surface area contributed by atoms with Crippen molar-refractivity contribution < 1.29 is 9.47 Å². The number of nitrogens with zero attached hydrogens (tertiary/aromatic N) is 1. The van der Waals surface area contributed by atoms with Crippen LogP contribution in [0.3, 0.4) is 0 Å². The van der Waals surface area contributed by atoms with E-state index in [9.17, 15) is 0 Å². The Labute approximate surface area is 111 Å². The van der Waals surface area contributed by atoms with Crippen LogP contribution in [0.2, 0.25) is 0 Å². The van der Waals surface area contributed by atoms with Gasteiger partial charge in [-0.3, -0.25) is 0 Å². The molecule has 2 aliphatic heterocycles. The monoisotopic (exact) mass is 256 g/mol. The second kappa shape index (κ2) is 7.43. The molecule has 2 aliphatic rings. The van der Waals surface area contributed by atoms with Crippen molar-refractivity contribution >= 4 is 0 Å².